The maximum Gasteiger partial charge on any atom is 0.307 e. The third-order valence-corrected chi connectivity index (χ3v) is 3.77. The maximum atomic E-state index is 11.4. The van der Waals surface area contributed by atoms with E-state index in [0.29, 0.717) is 37.8 Å². The average molecular weight is 281 g/mol. The number of likely N-dealkylation sites (tertiary alicyclic amines) is 1. The topological polar surface area (TPSA) is 62.9 Å². The fraction of sp³-hybridized carbons (Fsp3) is 0.667. The lowest BCUT2D eigenvalue weighted by molar-refractivity contribution is -0.143. The van der Waals surface area contributed by atoms with Gasteiger partial charge in [-0.05, 0) is 44.9 Å². The molecule has 1 saturated heterocycles. The van der Waals surface area contributed by atoms with Gasteiger partial charge in [0.25, 0.3) is 0 Å². The number of esters is 1. The van der Waals surface area contributed by atoms with E-state index in [1.165, 1.54) is 0 Å². The van der Waals surface area contributed by atoms with Crippen LogP contribution >= 0.6 is 0 Å². The van der Waals surface area contributed by atoms with Crippen molar-refractivity contribution in [1.29, 1.82) is 0 Å². The van der Waals surface area contributed by atoms with Crippen LogP contribution in [-0.4, -0.2) is 41.7 Å². The monoisotopic (exact) mass is 281 g/mol. The molecule has 1 N–H and O–H groups in total. The number of hydrogen-bond donors (Lipinski definition) is 1. The van der Waals surface area contributed by atoms with E-state index in [1.54, 1.807) is 18.4 Å². The van der Waals surface area contributed by atoms with Crippen molar-refractivity contribution < 1.29 is 19.1 Å². The predicted octanol–water partition coefficient (Wildman–Crippen LogP) is 2.12. The largest absolute Gasteiger partial charge is 0.467 e. The summed E-state index contributed by atoms with van der Waals surface area (Å²) in [5, 5.41) is 10.1. The Labute approximate surface area is 119 Å². The SMILES string of the molecule is CCOC(=O)CCN1CCCC1CC(O)c1ccco1. The van der Waals surface area contributed by atoms with Crippen LogP contribution in [0.25, 0.3) is 0 Å². The molecule has 2 rings (SSSR count). The number of furan rings is 1. The molecule has 0 aliphatic carbocycles. The van der Waals surface area contributed by atoms with Crippen molar-refractivity contribution in [2.75, 3.05) is 19.7 Å². The summed E-state index contributed by atoms with van der Waals surface area (Å²) < 4.78 is 10.2. The Morgan fingerprint density at radius 1 is 1.65 bits per heavy atom. The normalized spacial score (nSPS) is 21.0. The molecule has 0 radical (unpaired) electrons. The van der Waals surface area contributed by atoms with Gasteiger partial charge >= 0.3 is 5.97 Å². The molecule has 2 unspecified atom stereocenters. The van der Waals surface area contributed by atoms with Crippen molar-refractivity contribution in [2.24, 2.45) is 0 Å². The number of nitrogens with zero attached hydrogens (tertiary/aromatic N) is 1. The maximum absolute atomic E-state index is 11.4. The quantitative estimate of drug-likeness (QED) is 0.776. The van der Waals surface area contributed by atoms with Gasteiger partial charge in [0.15, 0.2) is 0 Å². The number of aliphatic hydroxyl groups excluding tert-OH is 1. The van der Waals surface area contributed by atoms with E-state index in [2.05, 4.69) is 4.90 Å². The summed E-state index contributed by atoms with van der Waals surface area (Å²) in [6, 6.07) is 3.89. The predicted molar refractivity (Wildman–Crippen MR) is 74.1 cm³/mol. The molecule has 1 aliphatic heterocycles. The van der Waals surface area contributed by atoms with Crippen LogP contribution < -0.4 is 0 Å². The van der Waals surface area contributed by atoms with E-state index >= 15 is 0 Å². The molecule has 5 heteroatoms. The molecule has 2 atom stereocenters. The Morgan fingerprint density at radius 2 is 2.50 bits per heavy atom. The summed E-state index contributed by atoms with van der Waals surface area (Å²) in [5.74, 6) is 0.465. The minimum Gasteiger partial charge on any atom is -0.467 e. The lowest BCUT2D eigenvalue weighted by Crippen LogP contribution is -2.33. The van der Waals surface area contributed by atoms with Gasteiger partial charge in [0.1, 0.15) is 11.9 Å². The van der Waals surface area contributed by atoms with Crippen LogP contribution in [0.15, 0.2) is 22.8 Å². The summed E-state index contributed by atoms with van der Waals surface area (Å²) in [6.45, 7) is 3.93. The first kappa shape index (κ1) is 15.1. The molecular formula is C15H23NO4. The highest BCUT2D eigenvalue weighted by Crippen LogP contribution is 2.27. The van der Waals surface area contributed by atoms with E-state index in [0.717, 1.165) is 19.4 Å². The van der Waals surface area contributed by atoms with Crippen molar-refractivity contribution in [3.63, 3.8) is 0 Å². The first-order valence-electron chi connectivity index (χ1n) is 7.32. The third-order valence-electron chi connectivity index (χ3n) is 3.77. The Balaban J connectivity index is 1.80. The van der Waals surface area contributed by atoms with Crippen molar-refractivity contribution in [3.05, 3.63) is 24.2 Å². The van der Waals surface area contributed by atoms with Crippen molar-refractivity contribution in [3.8, 4) is 0 Å². The van der Waals surface area contributed by atoms with E-state index < -0.39 is 6.10 Å². The lowest BCUT2D eigenvalue weighted by Gasteiger charge is -2.25. The van der Waals surface area contributed by atoms with E-state index in [9.17, 15) is 9.90 Å². The van der Waals surface area contributed by atoms with Gasteiger partial charge in [-0.15, -0.1) is 0 Å². The van der Waals surface area contributed by atoms with Crippen LogP contribution in [0.1, 0.15) is 44.5 Å². The number of ether oxygens (including phenoxy) is 1. The molecule has 0 aromatic carbocycles. The lowest BCUT2D eigenvalue weighted by atomic mass is 10.1. The summed E-state index contributed by atoms with van der Waals surface area (Å²) >= 11 is 0. The van der Waals surface area contributed by atoms with Gasteiger partial charge in [0, 0.05) is 12.6 Å². The Kier molecular flexibility index (Phi) is 5.61. The minimum atomic E-state index is -0.571. The van der Waals surface area contributed by atoms with Crippen LogP contribution in [0.2, 0.25) is 0 Å². The number of carbonyl (C=O) groups is 1. The molecule has 112 valence electrons. The molecule has 1 aromatic rings. The number of aliphatic hydroxyl groups is 1. The second kappa shape index (κ2) is 7.45. The first-order valence-corrected chi connectivity index (χ1v) is 7.32. The molecule has 5 nitrogen and oxygen atoms in total. The molecule has 2 heterocycles. The first-order chi connectivity index (χ1) is 9.70. The molecule has 0 amide bonds. The smallest absolute Gasteiger partial charge is 0.307 e. The molecular weight excluding hydrogens is 258 g/mol. The van der Waals surface area contributed by atoms with Crippen molar-refractivity contribution >= 4 is 5.97 Å². The molecule has 0 spiro atoms. The highest BCUT2D eigenvalue weighted by molar-refractivity contribution is 5.69. The Hall–Kier alpha value is -1.33. The van der Waals surface area contributed by atoms with Crippen LogP contribution in [0, 0.1) is 0 Å². The van der Waals surface area contributed by atoms with Crippen molar-refractivity contribution in [2.45, 2.75) is 44.8 Å². The molecule has 0 saturated carbocycles. The summed E-state index contributed by atoms with van der Waals surface area (Å²) in [5.41, 5.74) is 0. The highest BCUT2D eigenvalue weighted by Gasteiger charge is 2.28. The van der Waals surface area contributed by atoms with Crippen LogP contribution in [0.4, 0.5) is 0 Å². The van der Waals surface area contributed by atoms with Gasteiger partial charge in [-0.3, -0.25) is 9.69 Å². The molecule has 1 aromatic heterocycles. The second-order valence-electron chi connectivity index (χ2n) is 5.15. The summed E-state index contributed by atoms with van der Waals surface area (Å²) in [7, 11) is 0. The number of hydrogen-bond acceptors (Lipinski definition) is 5. The minimum absolute atomic E-state index is 0.148. The van der Waals surface area contributed by atoms with Crippen molar-refractivity contribution in [1.82, 2.24) is 4.90 Å². The zero-order valence-electron chi connectivity index (χ0n) is 12.0. The highest BCUT2D eigenvalue weighted by atomic mass is 16.5. The van der Waals surface area contributed by atoms with Crippen LogP contribution in [-0.2, 0) is 9.53 Å². The Bertz CT molecular complexity index is 404. The number of rotatable bonds is 7. The van der Waals surface area contributed by atoms with E-state index in [4.69, 9.17) is 9.15 Å². The second-order valence-corrected chi connectivity index (χ2v) is 5.15. The van der Waals surface area contributed by atoms with Gasteiger partial charge in [0.2, 0.25) is 0 Å². The van der Waals surface area contributed by atoms with Gasteiger partial charge in [-0.25, -0.2) is 0 Å². The molecule has 20 heavy (non-hydrogen) atoms. The zero-order chi connectivity index (χ0) is 14.4. The van der Waals surface area contributed by atoms with E-state index in [-0.39, 0.29) is 5.97 Å². The number of carbonyl (C=O) groups excluding carboxylic acids is 1. The zero-order valence-corrected chi connectivity index (χ0v) is 12.0. The van der Waals surface area contributed by atoms with Gasteiger partial charge in [-0.1, -0.05) is 0 Å². The summed E-state index contributed by atoms with van der Waals surface area (Å²) in [6.07, 6.45) is 4.24. The van der Waals surface area contributed by atoms with Gasteiger partial charge < -0.3 is 14.3 Å². The fourth-order valence-corrected chi connectivity index (χ4v) is 2.78. The average Bonchev–Trinajstić information content (AvgIpc) is 3.08. The molecule has 1 fully saturated rings. The fourth-order valence-electron chi connectivity index (χ4n) is 2.78. The molecule has 1 aliphatic rings. The molecule has 0 bridgehead atoms. The summed E-state index contributed by atoms with van der Waals surface area (Å²) in [4.78, 5) is 13.7. The van der Waals surface area contributed by atoms with Gasteiger partial charge in [0.05, 0.1) is 19.3 Å². The van der Waals surface area contributed by atoms with Crippen LogP contribution in [0.3, 0.4) is 0 Å². The third kappa shape index (κ3) is 4.08. The van der Waals surface area contributed by atoms with Gasteiger partial charge in [-0.2, -0.15) is 0 Å². The standard InChI is InChI=1S/C15H23NO4/c1-2-19-15(18)7-9-16-8-3-5-12(16)11-13(17)14-6-4-10-20-14/h4,6,10,12-13,17H,2-3,5,7-9,11H2,1H3. The van der Waals surface area contributed by atoms with Crippen LogP contribution in [0.5, 0.6) is 0 Å². The Morgan fingerprint density at radius 3 is 3.20 bits per heavy atom. The van der Waals surface area contributed by atoms with E-state index in [1.807, 2.05) is 6.92 Å².